The van der Waals surface area contributed by atoms with Crippen molar-refractivity contribution in [2.75, 3.05) is 17.3 Å². The highest BCUT2D eigenvalue weighted by Gasteiger charge is 2.31. The quantitative estimate of drug-likeness (QED) is 0.751. The normalized spacial score (nSPS) is 17.4. The lowest BCUT2D eigenvalue weighted by atomic mass is 9.80. The van der Waals surface area contributed by atoms with Crippen LogP contribution in [0, 0.1) is 5.41 Å². The molecule has 1 aromatic rings. The molecule has 1 amide bonds. The van der Waals surface area contributed by atoms with Crippen molar-refractivity contribution in [3.05, 3.63) is 29.3 Å². The van der Waals surface area contributed by atoms with Crippen LogP contribution in [0.5, 0.6) is 0 Å². The number of fused-ring (bicyclic) bond motifs is 1. The summed E-state index contributed by atoms with van der Waals surface area (Å²) in [5, 5.41) is 0. The minimum Gasteiger partial charge on any atom is -0.312 e. The van der Waals surface area contributed by atoms with Gasteiger partial charge in [0.25, 0.3) is 0 Å². The van der Waals surface area contributed by atoms with Gasteiger partial charge >= 0.3 is 0 Å². The number of carbonyl (C=O) groups excluding carboxylic acids is 1. The summed E-state index contributed by atoms with van der Waals surface area (Å²) in [5.74, 6) is 0.757. The number of aryl methyl sites for hydroxylation is 1. The number of hydrogen-bond acceptors (Lipinski definition) is 1. The van der Waals surface area contributed by atoms with Crippen LogP contribution >= 0.6 is 11.6 Å². The standard InChI is InChI=1S/C15H20ClNO/c1-11(18)17-10-15(2,3)9-13-8-12(6-7-16)4-5-14(13)17/h4-5,8H,6-7,9-10H2,1-3H3. The molecule has 0 fully saturated rings. The highest BCUT2D eigenvalue weighted by molar-refractivity contribution is 6.18. The Morgan fingerprint density at radius 3 is 2.78 bits per heavy atom. The third-order valence-electron chi connectivity index (χ3n) is 3.45. The molecule has 0 N–H and O–H groups in total. The monoisotopic (exact) mass is 265 g/mol. The third kappa shape index (κ3) is 2.69. The molecule has 0 saturated heterocycles. The summed E-state index contributed by atoms with van der Waals surface area (Å²) in [4.78, 5) is 13.7. The second-order valence-electron chi connectivity index (χ2n) is 5.85. The number of rotatable bonds is 2. The van der Waals surface area contributed by atoms with Gasteiger partial charge in [0.1, 0.15) is 0 Å². The zero-order valence-corrected chi connectivity index (χ0v) is 12.0. The number of carbonyl (C=O) groups is 1. The molecule has 1 aliphatic rings. The van der Waals surface area contributed by atoms with Crippen LogP contribution in [0.3, 0.4) is 0 Å². The number of hydrogen-bond donors (Lipinski definition) is 0. The van der Waals surface area contributed by atoms with E-state index < -0.39 is 0 Å². The van der Waals surface area contributed by atoms with Crippen LogP contribution in [0.4, 0.5) is 5.69 Å². The van der Waals surface area contributed by atoms with E-state index in [0.717, 1.165) is 25.1 Å². The Bertz CT molecular complexity index is 468. The molecule has 2 rings (SSSR count). The molecule has 98 valence electrons. The molecule has 1 heterocycles. The summed E-state index contributed by atoms with van der Waals surface area (Å²) in [6.45, 7) is 6.85. The zero-order valence-electron chi connectivity index (χ0n) is 11.3. The fourth-order valence-electron chi connectivity index (χ4n) is 2.67. The maximum atomic E-state index is 11.8. The lowest BCUT2D eigenvalue weighted by Crippen LogP contribution is -2.43. The van der Waals surface area contributed by atoms with Gasteiger partial charge in [-0.2, -0.15) is 0 Å². The second kappa shape index (κ2) is 4.93. The molecule has 0 unspecified atom stereocenters. The summed E-state index contributed by atoms with van der Waals surface area (Å²) in [6, 6.07) is 6.35. The van der Waals surface area contributed by atoms with Gasteiger partial charge in [0.2, 0.25) is 5.91 Å². The molecular formula is C15H20ClNO. The van der Waals surface area contributed by atoms with E-state index in [2.05, 4.69) is 32.0 Å². The molecule has 1 aromatic carbocycles. The Labute approximate surface area is 114 Å². The largest absolute Gasteiger partial charge is 0.312 e. The number of anilines is 1. The van der Waals surface area contributed by atoms with Gasteiger partial charge < -0.3 is 4.90 Å². The molecule has 3 heteroatoms. The van der Waals surface area contributed by atoms with Crippen molar-refractivity contribution in [3.63, 3.8) is 0 Å². The number of nitrogens with zero attached hydrogens (tertiary/aromatic N) is 1. The third-order valence-corrected chi connectivity index (χ3v) is 3.64. The SMILES string of the molecule is CC(=O)N1CC(C)(C)Cc2cc(CCCl)ccc21. The average molecular weight is 266 g/mol. The van der Waals surface area contributed by atoms with Crippen LogP contribution in [0.15, 0.2) is 18.2 Å². The first-order valence-corrected chi connectivity index (χ1v) is 6.92. The van der Waals surface area contributed by atoms with E-state index in [1.165, 1.54) is 11.1 Å². The predicted molar refractivity (Wildman–Crippen MR) is 76.4 cm³/mol. The Morgan fingerprint density at radius 1 is 1.44 bits per heavy atom. The van der Waals surface area contributed by atoms with Crippen molar-refractivity contribution < 1.29 is 4.79 Å². The van der Waals surface area contributed by atoms with E-state index in [-0.39, 0.29) is 11.3 Å². The molecule has 0 aromatic heterocycles. The summed E-state index contributed by atoms with van der Waals surface area (Å²) in [7, 11) is 0. The number of alkyl halides is 1. The predicted octanol–water partition coefficient (Wildman–Crippen LogP) is 3.40. The average Bonchev–Trinajstić information content (AvgIpc) is 2.26. The van der Waals surface area contributed by atoms with Crippen LogP contribution < -0.4 is 4.90 Å². The molecule has 0 saturated carbocycles. The number of halogens is 1. The minimum absolute atomic E-state index is 0.120. The smallest absolute Gasteiger partial charge is 0.223 e. The van der Waals surface area contributed by atoms with Crippen LogP contribution in [-0.4, -0.2) is 18.3 Å². The first-order chi connectivity index (χ1) is 8.43. The van der Waals surface area contributed by atoms with E-state index in [0.29, 0.717) is 5.88 Å². The topological polar surface area (TPSA) is 20.3 Å². The molecule has 2 nitrogen and oxygen atoms in total. The van der Waals surface area contributed by atoms with Gasteiger partial charge in [0.05, 0.1) is 0 Å². The Morgan fingerprint density at radius 2 is 2.17 bits per heavy atom. The van der Waals surface area contributed by atoms with Crippen molar-refractivity contribution >= 4 is 23.2 Å². The summed E-state index contributed by atoms with van der Waals surface area (Å²) < 4.78 is 0. The highest BCUT2D eigenvalue weighted by Crippen LogP contribution is 2.36. The van der Waals surface area contributed by atoms with Crippen molar-refractivity contribution in [3.8, 4) is 0 Å². The molecular weight excluding hydrogens is 246 g/mol. The van der Waals surface area contributed by atoms with Crippen LogP contribution in [0.25, 0.3) is 0 Å². The summed E-state index contributed by atoms with van der Waals surface area (Å²) in [6.07, 6.45) is 1.90. The van der Waals surface area contributed by atoms with Gasteiger partial charge in [-0.3, -0.25) is 4.79 Å². The molecule has 0 aliphatic carbocycles. The van der Waals surface area contributed by atoms with Crippen LogP contribution in [0.2, 0.25) is 0 Å². The van der Waals surface area contributed by atoms with E-state index in [1.54, 1.807) is 6.92 Å². The lowest BCUT2D eigenvalue weighted by molar-refractivity contribution is -0.117. The fraction of sp³-hybridized carbons (Fsp3) is 0.533. The molecule has 0 radical (unpaired) electrons. The van der Waals surface area contributed by atoms with Crippen molar-refractivity contribution in [1.29, 1.82) is 0 Å². The van der Waals surface area contributed by atoms with E-state index in [1.807, 2.05) is 4.90 Å². The molecule has 1 aliphatic heterocycles. The highest BCUT2D eigenvalue weighted by atomic mass is 35.5. The maximum Gasteiger partial charge on any atom is 0.223 e. The first kappa shape index (κ1) is 13.4. The number of benzene rings is 1. The number of amides is 1. The molecule has 0 spiro atoms. The minimum atomic E-state index is 0.120. The molecule has 0 bridgehead atoms. The van der Waals surface area contributed by atoms with Gasteiger partial charge in [-0.15, -0.1) is 11.6 Å². The Balaban J connectivity index is 2.42. The van der Waals surface area contributed by atoms with Gasteiger partial charge in [-0.25, -0.2) is 0 Å². The Hall–Kier alpha value is -1.02. The van der Waals surface area contributed by atoms with E-state index in [9.17, 15) is 4.79 Å². The van der Waals surface area contributed by atoms with Gasteiger partial charge in [0.15, 0.2) is 0 Å². The Kier molecular flexibility index (Phi) is 3.67. The van der Waals surface area contributed by atoms with Gasteiger partial charge in [-0.05, 0) is 35.4 Å². The van der Waals surface area contributed by atoms with Gasteiger partial charge in [-0.1, -0.05) is 26.0 Å². The van der Waals surface area contributed by atoms with E-state index >= 15 is 0 Å². The van der Waals surface area contributed by atoms with E-state index in [4.69, 9.17) is 11.6 Å². The lowest BCUT2D eigenvalue weighted by Gasteiger charge is -2.39. The maximum absolute atomic E-state index is 11.8. The first-order valence-electron chi connectivity index (χ1n) is 6.39. The van der Waals surface area contributed by atoms with Crippen molar-refractivity contribution in [2.24, 2.45) is 5.41 Å². The summed E-state index contributed by atoms with van der Waals surface area (Å²) >= 11 is 5.79. The van der Waals surface area contributed by atoms with Crippen molar-refractivity contribution in [2.45, 2.75) is 33.6 Å². The van der Waals surface area contributed by atoms with Crippen LogP contribution in [-0.2, 0) is 17.6 Å². The molecule has 0 atom stereocenters. The van der Waals surface area contributed by atoms with Gasteiger partial charge in [0, 0.05) is 25.0 Å². The fourth-order valence-corrected chi connectivity index (χ4v) is 2.89. The van der Waals surface area contributed by atoms with Crippen LogP contribution in [0.1, 0.15) is 31.9 Å². The van der Waals surface area contributed by atoms with Crippen molar-refractivity contribution in [1.82, 2.24) is 0 Å². The summed E-state index contributed by atoms with van der Waals surface area (Å²) in [5.41, 5.74) is 3.73. The molecule has 18 heavy (non-hydrogen) atoms. The second-order valence-corrected chi connectivity index (χ2v) is 6.23. The zero-order chi connectivity index (χ0) is 13.3.